The normalized spacial score (nSPS) is 10.2. The van der Waals surface area contributed by atoms with Crippen LogP contribution in [0.25, 0.3) is 0 Å². The van der Waals surface area contributed by atoms with Crippen LogP contribution in [-0.2, 0) is 4.79 Å². The summed E-state index contributed by atoms with van der Waals surface area (Å²) < 4.78 is 19.6. The van der Waals surface area contributed by atoms with Crippen molar-refractivity contribution in [1.82, 2.24) is 0 Å². The first-order valence-corrected chi connectivity index (χ1v) is 7.07. The molecule has 0 aliphatic rings. The lowest BCUT2D eigenvalue weighted by atomic mass is 10.3. The van der Waals surface area contributed by atoms with Gasteiger partial charge in [0.25, 0.3) is 0 Å². The van der Waals surface area contributed by atoms with Crippen LogP contribution in [0.1, 0.15) is 6.42 Å². The second kappa shape index (κ2) is 7.08. The molecule has 0 radical (unpaired) electrons. The summed E-state index contributed by atoms with van der Waals surface area (Å²) in [6.07, 6.45) is 0.115. The maximum absolute atomic E-state index is 13.6. The standard InChI is InChI=1S/C15H14BrFN2O2/c16-10-4-5-14(13(17)8-10)19-15(20)6-7-21-12-3-1-2-11(18)9-12/h1-5,8-9H,6-7,18H2,(H,19,20). The number of benzene rings is 2. The Morgan fingerprint density at radius 1 is 1.29 bits per heavy atom. The highest BCUT2D eigenvalue weighted by Gasteiger charge is 2.07. The van der Waals surface area contributed by atoms with Crippen LogP contribution < -0.4 is 15.8 Å². The predicted octanol–water partition coefficient (Wildman–Crippen LogP) is 3.58. The zero-order valence-corrected chi connectivity index (χ0v) is 12.7. The van der Waals surface area contributed by atoms with Gasteiger partial charge in [0.1, 0.15) is 11.6 Å². The van der Waals surface area contributed by atoms with Gasteiger partial charge in [0.2, 0.25) is 5.91 Å². The van der Waals surface area contributed by atoms with E-state index in [1.54, 1.807) is 30.3 Å². The minimum Gasteiger partial charge on any atom is -0.493 e. The Kier molecular flexibility index (Phi) is 5.16. The molecule has 0 heterocycles. The molecule has 0 atom stereocenters. The third kappa shape index (κ3) is 4.75. The molecule has 0 saturated heterocycles. The summed E-state index contributed by atoms with van der Waals surface area (Å²) in [6.45, 7) is 0.188. The van der Waals surface area contributed by atoms with E-state index in [4.69, 9.17) is 10.5 Å². The van der Waals surface area contributed by atoms with Crippen LogP contribution in [0.15, 0.2) is 46.9 Å². The van der Waals surface area contributed by atoms with E-state index < -0.39 is 5.82 Å². The van der Waals surface area contributed by atoms with Gasteiger partial charge in [-0.2, -0.15) is 0 Å². The highest BCUT2D eigenvalue weighted by atomic mass is 79.9. The maximum atomic E-state index is 13.6. The molecule has 0 aliphatic heterocycles. The lowest BCUT2D eigenvalue weighted by Crippen LogP contribution is -2.16. The number of nitrogens with one attached hydrogen (secondary N) is 1. The summed E-state index contributed by atoms with van der Waals surface area (Å²) in [7, 11) is 0. The van der Waals surface area contributed by atoms with E-state index in [0.29, 0.717) is 15.9 Å². The van der Waals surface area contributed by atoms with Crippen LogP contribution in [0.3, 0.4) is 0 Å². The molecular weight excluding hydrogens is 339 g/mol. The van der Waals surface area contributed by atoms with Crippen molar-refractivity contribution in [3.05, 3.63) is 52.8 Å². The van der Waals surface area contributed by atoms with Crippen LogP contribution in [-0.4, -0.2) is 12.5 Å². The summed E-state index contributed by atoms with van der Waals surface area (Å²) in [4.78, 5) is 11.7. The molecule has 0 saturated carbocycles. The molecule has 2 rings (SSSR count). The van der Waals surface area contributed by atoms with Gasteiger partial charge in [-0.3, -0.25) is 4.79 Å². The van der Waals surface area contributed by atoms with E-state index in [9.17, 15) is 9.18 Å². The largest absolute Gasteiger partial charge is 0.493 e. The monoisotopic (exact) mass is 352 g/mol. The number of anilines is 2. The van der Waals surface area contributed by atoms with Crippen LogP contribution in [0.4, 0.5) is 15.8 Å². The molecule has 4 nitrogen and oxygen atoms in total. The van der Waals surface area contributed by atoms with Gasteiger partial charge in [0, 0.05) is 16.2 Å². The zero-order chi connectivity index (χ0) is 15.2. The molecule has 0 aliphatic carbocycles. The molecule has 2 aromatic carbocycles. The highest BCUT2D eigenvalue weighted by molar-refractivity contribution is 9.10. The van der Waals surface area contributed by atoms with E-state index in [2.05, 4.69) is 21.2 Å². The molecule has 2 aromatic rings. The summed E-state index contributed by atoms with van der Waals surface area (Å²) in [5.74, 6) is -0.216. The van der Waals surface area contributed by atoms with Crippen LogP contribution >= 0.6 is 15.9 Å². The lowest BCUT2D eigenvalue weighted by molar-refractivity contribution is -0.116. The smallest absolute Gasteiger partial charge is 0.227 e. The molecule has 0 bridgehead atoms. The highest BCUT2D eigenvalue weighted by Crippen LogP contribution is 2.19. The quantitative estimate of drug-likeness (QED) is 0.808. The molecular formula is C15H14BrFN2O2. The zero-order valence-electron chi connectivity index (χ0n) is 11.1. The molecule has 1 amide bonds. The molecule has 0 fully saturated rings. The average molecular weight is 353 g/mol. The SMILES string of the molecule is Nc1cccc(OCCC(=O)Nc2ccc(Br)cc2F)c1. The first kappa shape index (κ1) is 15.3. The second-order valence-corrected chi connectivity index (χ2v) is 5.26. The summed E-state index contributed by atoms with van der Waals surface area (Å²) in [6, 6.07) is 11.4. The van der Waals surface area contributed by atoms with Gasteiger partial charge in [0.05, 0.1) is 18.7 Å². The minimum atomic E-state index is -0.491. The number of carbonyl (C=O) groups is 1. The maximum Gasteiger partial charge on any atom is 0.227 e. The van der Waals surface area contributed by atoms with Crippen molar-refractivity contribution in [1.29, 1.82) is 0 Å². The number of nitrogen functional groups attached to an aromatic ring is 1. The number of hydrogen-bond acceptors (Lipinski definition) is 3. The van der Waals surface area contributed by atoms with Crippen molar-refractivity contribution < 1.29 is 13.9 Å². The Balaban J connectivity index is 1.82. The predicted molar refractivity (Wildman–Crippen MR) is 83.7 cm³/mol. The van der Waals surface area contributed by atoms with Crippen LogP contribution in [0, 0.1) is 5.82 Å². The summed E-state index contributed by atoms with van der Waals surface area (Å²) in [5, 5.41) is 2.50. The second-order valence-electron chi connectivity index (χ2n) is 4.34. The van der Waals surface area contributed by atoms with E-state index in [-0.39, 0.29) is 24.6 Å². The number of ether oxygens (including phenoxy) is 1. The van der Waals surface area contributed by atoms with Crippen LogP contribution in [0.5, 0.6) is 5.75 Å². The third-order valence-electron chi connectivity index (χ3n) is 2.66. The number of amides is 1. The van der Waals surface area contributed by atoms with Gasteiger partial charge in [-0.1, -0.05) is 22.0 Å². The van der Waals surface area contributed by atoms with Gasteiger partial charge in [-0.05, 0) is 30.3 Å². The molecule has 0 spiro atoms. The molecule has 0 aromatic heterocycles. The summed E-state index contributed by atoms with van der Waals surface area (Å²) >= 11 is 3.15. The van der Waals surface area contributed by atoms with Crippen molar-refractivity contribution in [3.63, 3.8) is 0 Å². The number of rotatable bonds is 5. The van der Waals surface area contributed by atoms with Crippen molar-refractivity contribution in [2.45, 2.75) is 6.42 Å². The van der Waals surface area contributed by atoms with Crippen LogP contribution in [0.2, 0.25) is 0 Å². The van der Waals surface area contributed by atoms with Crippen molar-refractivity contribution in [2.75, 3.05) is 17.7 Å². The topological polar surface area (TPSA) is 64.3 Å². The van der Waals surface area contributed by atoms with Gasteiger partial charge < -0.3 is 15.8 Å². The molecule has 110 valence electrons. The van der Waals surface area contributed by atoms with E-state index in [0.717, 1.165) is 0 Å². The molecule has 3 N–H and O–H groups in total. The Hall–Kier alpha value is -2.08. The number of hydrogen-bond donors (Lipinski definition) is 2. The third-order valence-corrected chi connectivity index (χ3v) is 3.15. The van der Waals surface area contributed by atoms with Gasteiger partial charge in [-0.25, -0.2) is 4.39 Å². The lowest BCUT2D eigenvalue weighted by Gasteiger charge is -2.08. The Labute approximate surface area is 130 Å². The Bertz CT molecular complexity index is 649. The number of nitrogens with two attached hydrogens (primary N) is 1. The average Bonchev–Trinajstić information content (AvgIpc) is 2.42. The first-order chi connectivity index (χ1) is 10.0. The summed E-state index contributed by atoms with van der Waals surface area (Å²) in [5.41, 5.74) is 6.35. The first-order valence-electron chi connectivity index (χ1n) is 6.28. The van der Waals surface area contributed by atoms with E-state index in [1.165, 1.54) is 12.1 Å². The number of halogens is 2. The van der Waals surface area contributed by atoms with Crippen molar-refractivity contribution >= 4 is 33.2 Å². The molecule has 6 heteroatoms. The fourth-order valence-corrected chi connectivity index (χ4v) is 2.00. The van der Waals surface area contributed by atoms with Crippen molar-refractivity contribution in [2.24, 2.45) is 0 Å². The van der Waals surface area contributed by atoms with Gasteiger partial charge in [-0.15, -0.1) is 0 Å². The van der Waals surface area contributed by atoms with E-state index >= 15 is 0 Å². The van der Waals surface area contributed by atoms with Crippen molar-refractivity contribution in [3.8, 4) is 5.75 Å². The Morgan fingerprint density at radius 2 is 2.10 bits per heavy atom. The van der Waals surface area contributed by atoms with Gasteiger partial charge in [0.15, 0.2) is 0 Å². The Morgan fingerprint density at radius 3 is 2.81 bits per heavy atom. The fraction of sp³-hybridized carbons (Fsp3) is 0.133. The molecule has 21 heavy (non-hydrogen) atoms. The van der Waals surface area contributed by atoms with E-state index in [1.807, 2.05) is 0 Å². The minimum absolute atomic E-state index is 0.115. The molecule has 0 unspecified atom stereocenters. The fourth-order valence-electron chi connectivity index (χ4n) is 1.67. The van der Waals surface area contributed by atoms with Gasteiger partial charge >= 0.3 is 0 Å². The number of carbonyl (C=O) groups excluding carboxylic acids is 1.